The first-order chi connectivity index (χ1) is 9.69. The van der Waals surface area contributed by atoms with E-state index >= 15 is 0 Å². The highest BCUT2D eigenvalue weighted by Crippen LogP contribution is 2.21. The van der Waals surface area contributed by atoms with E-state index in [2.05, 4.69) is 9.97 Å². The van der Waals surface area contributed by atoms with Crippen LogP contribution in [0.5, 0.6) is 5.75 Å². The largest absolute Gasteiger partial charge is 0.494 e. The standard InChI is InChI=1S/C14H17N3O2S/c1-2-19-11-5-3-10(4-6-11)12(15)9-20-14-16-8-7-13(18)17-14/h3-8,12H,2,9,15H2,1H3,(H,16,17,18). The number of H-pyrrole nitrogens is 1. The van der Waals surface area contributed by atoms with Crippen molar-refractivity contribution < 1.29 is 4.74 Å². The van der Waals surface area contributed by atoms with Crippen LogP contribution in [0.1, 0.15) is 18.5 Å². The van der Waals surface area contributed by atoms with Gasteiger partial charge in [-0.3, -0.25) is 4.79 Å². The molecule has 1 unspecified atom stereocenters. The molecule has 106 valence electrons. The number of aromatic amines is 1. The molecule has 20 heavy (non-hydrogen) atoms. The Morgan fingerprint density at radius 1 is 1.35 bits per heavy atom. The Bertz CT molecular complexity index is 598. The second kappa shape index (κ2) is 7.12. The fourth-order valence-corrected chi connectivity index (χ4v) is 2.51. The highest BCUT2D eigenvalue weighted by Gasteiger charge is 2.08. The molecule has 2 rings (SSSR count). The van der Waals surface area contributed by atoms with Gasteiger partial charge in [0.2, 0.25) is 0 Å². The Morgan fingerprint density at radius 3 is 2.75 bits per heavy atom. The Balaban J connectivity index is 1.94. The van der Waals surface area contributed by atoms with E-state index in [4.69, 9.17) is 10.5 Å². The highest BCUT2D eigenvalue weighted by molar-refractivity contribution is 7.99. The van der Waals surface area contributed by atoms with Crippen molar-refractivity contribution in [3.05, 3.63) is 52.4 Å². The van der Waals surface area contributed by atoms with Crippen molar-refractivity contribution in [1.29, 1.82) is 0 Å². The van der Waals surface area contributed by atoms with E-state index in [-0.39, 0.29) is 11.6 Å². The smallest absolute Gasteiger partial charge is 0.251 e. The Morgan fingerprint density at radius 2 is 2.10 bits per heavy atom. The maximum absolute atomic E-state index is 11.1. The number of benzene rings is 1. The van der Waals surface area contributed by atoms with E-state index in [9.17, 15) is 4.79 Å². The number of ether oxygens (including phenoxy) is 1. The summed E-state index contributed by atoms with van der Waals surface area (Å²) in [5, 5.41) is 0.582. The monoisotopic (exact) mass is 291 g/mol. The third-order valence-electron chi connectivity index (χ3n) is 2.67. The fourth-order valence-electron chi connectivity index (χ4n) is 1.67. The van der Waals surface area contributed by atoms with Crippen LogP contribution in [-0.2, 0) is 0 Å². The highest BCUT2D eigenvalue weighted by atomic mass is 32.2. The number of nitrogens with one attached hydrogen (secondary N) is 1. The Hall–Kier alpha value is -1.79. The topological polar surface area (TPSA) is 81.0 Å². The average molecular weight is 291 g/mol. The zero-order valence-corrected chi connectivity index (χ0v) is 12.0. The third-order valence-corrected chi connectivity index (χ3v) is 3.67. The molecule has 5 nitrogen and oxygen atoms in total. The minimum absolute atomic E-state index is 0.124. The van der Waals surface area contributed by atoms with Gasteiger partial charge in [-0.05, 0) is 24.6 Å². The minimum atomic E-state index is -0.155. The molecule has 6 heteroatoms. The summed E-state index contributed by atoms with van der Waals surface area (Å²) in [5.41, 5.74) is 7.00. The molecular weight excluding hydrogens is 274 g/mol. The minimum Gasteiger partial charge on any atom is -0.494 e. The van der Waals surface area contributed by atoms with E-state index in [0.717, 1.165) is 11.3 Å². The summed E-state index contributed by atoms with van der Waals surface area (Å²) in [6, 6.07) is 8.99. The van der Waals surface area contributed by atoms with Gasteiger partial charge in [-0.15, -0.1) is 0 Å². The number of rotatable bonds is 6. The molecule has 0 saturated carbocycles. The van der Waals surface area contributed by atoms with Crippen molar-refractivity contribution in [3.63, 3.8) is 0 Å². The fraction of sp³-hybridized carbons (Fsp3) is 0.286. The van der Waals surface area contributed by atoms with Gasteiger partial charge < -0.3 is 15.5 Å². The van der Waals surface area contributed by atoms with Crippen LogP contribution in [0.15, 0.2) is 46.5 Å². The van der Waals surface area contributed by atoms with Crippen molar-refractivity contribution in [2.75, 3.05) is 12.4 Å². The van der Waals surface area contributed by atoms with Gasteiger partial charge in [0.05, 0.1) is 6.61 Å². The third kappa shape index (κ3) is 4.11. The summed E-state index contributed by atoms with van der Waals surface area (Å²) in [6.45, 7) is 2.60. The SMILES string of the molecule is CCOc1ccc(C(N)CSc2nccc(=O)[nH]2)cc1. The molecule has 0 aliphatic rings. The first-order valence-corrected chi connectivity index (χ1v) is 7.34. The Labute approximate surface area is 121 Å². The molecule has 0 saturated heterocycles. The van der Waals surface area contributed by atoms with Gasteiger partial charge in [0.1, 0.15) is 5.75 Å². The predicted octanol–water partition coefficient (Wildman–Crippen LogP) is 1.96. The quantitative estimate of drug-likeness (QED) is 0.628. The molecule has 1 aromatic carbocycles. The lowest BCUT2D eigenvalue weighted by atomic mass is 10.1. The van der Waals surface area contributed by atoms with E-state index in [1.807, 2.05) is 31.2 Å². The molecule has 1 heterocycles. The second-order valence-corrected chi connectivity index (χ2v) is 5.17. The molecule has 0 fully saturated rings. The van der Waals surface area contributed by atoms with Gasteiger partial charge in [-0.2, -0.15) is 0 Å². The van der Waals surface area contributed by atoms with Crippen LogP contribution in [0.3, 0.4) is 0 Å². The Kier molecular flexibility index (Phi) is 5.20. The maximum atomic E-state index is 11.1. The molecule has 0 aliphatic carbocycles. The van der Waals surface area contributed by atoms with Crippen LogP contribution >= 0.6 is 11.8 Å². The summed E-state index contributed by atoms with van der Waals surface area (Å²) in [4.78, 5) is 17.9. The number of hydrogen-bond acceptors (Lipinski definition) is 5. The summed E-state index contributed by atoms with van der Waals surface area (Å²) in [6.07, 6.45) is 1.49. The van der Waals surface area contributed by atoms with Crippen LogP contribution in [0, 0.1) is 0 Å². The normalized spacial score (nSPS) is 12.1. The number of nitrogens with two attached hydrogens (primary N) is 1. The lowest BCUT2D eigenvalue weighted by Crippen LogP contribution is -2.14. The van der Waals surface area contributed by atoms with Crippen LogP contribution < -0.4 is 16.0 Å². The summed E-state index contributed by atoms with van der Waals surface area (Å²) in [7, 11) is 0. The van der Waals surface area contributed by atoms with E-state index in [0.29, 0.717) is 17.5 Å². The van der Waals surface area contributed by atoms with Gasteiger partial charge in [0, 0.05) is 24.1 Å². The van der Waals surface area contributed by atoms with Crippen LogP contribution in [0.2, 0.25) is 0 Å². The lowest BCUT2D eigenvalue weighted by Gasteiger charge is -2.12. The lowest BCUT2D eigenvalue weighted by molar-refractivity contribution is 0.340. The molecule has 3 N–H and O–H groups in total. The first kappa shape index (κ1) is 14.6. The maximum Gasteiger partial charge on any atom is 0.251 e. The molecule has 0 aliphatic heterocycles. The molecule has 2 aromatic rings. The van der Waals surface area contributed by atoms with E-state index in [1.165, 1.54) is 24.0 Å². The average Bonchev–Trinajstić information content (AvgIpc) is 2.46. The molecule has 1 aromatic heterocycles. The van der Waals surface area contributed by atoms with Crippen LogP contribution in [0.4, 0.5) is 0 Å². The molecule has 1 atom stereocenters. The predicted molar refractivity (Wildman–Crippen MR) is 80.1 cm³/mol. The first-order valence-electron chi connectivity index (χ1n) is 6.35. The van der Waals surface area contributed by atoms with Gasteiger partial charge in [-0.25, -0.2) is 4.98 Å². The van der Waals surface area contributed by atoms with Gasteiger partial charge in [-0.1, -0.05) is 23.9 Å². The molecule has 0 spiro atoms. The number of nitrogens with zero attached hydrogens (tertiary/aromatic N) is 1. The zero-order chi connectivity index (χ0) is 14.4. The molecular formula is C14H17N3O2S. The van der Waals surface area contributed by atoms with Gasteiger partial charge >= 0.3 is 0 Å². The number of aromatic nitrogens is 2. The molecule has 0 amide bonds. The van der Waals surface area contributed by atoms with Crippen molar-refractivity contribution in [1.82, 2.24) is 9.97 Å². The van der Waals surface area contributed by atoms with E-state index in [1.54, 1.807) is 0 Å². The molecule has 0 bridgehead atoms. The van der Waals surface area contributed by atoms with Crippen molar-refractivity contribution in [2.45, 2.75) is 18.1 Å². The summed E-state index contributed by atoms with van der Waals surface area (Å²) in [5.74, 6) is 1.48. The van der Waals surface area contributed by atoms with Gasteiger partial charge in [0.25, 0.3) is 5.56 Å². The van der Waals surface area contributed by atoms with Crippen LogP contribution in [-0.4, -0.2) is 22.3 Å². The summed E-state index contributed by atoms with van der Waals surface area (Å²) < 4.78 is 5.39. The van der Waals surface area contributed by atoms with Crippen molar-refractivity contribution >= 4 is 11.8 Å². The van der Waals surface area contributed by atoms with E-state index < -0.39 is 0 Å². The van der Waals surface area contributed by atoms with Crippen molar-refractivity contribution in [2.24, 2.45) is 5.73 Å². The summed E-state index contributed by atoms with van der Waals surface area (Å²) >= 11 is 1.43. The number of hydrogen-bond donors (Lipinski definition) is 2. The zero-order valence-electron chi connectivity index (χ0n) is 11.2. The van der Waals surface area contributed by atoms with Crippen molar-refractivity contribution in [3.8, 4) is 5.75 Å². The number of thioether (sulfide) groups is 1. The van der Waals surface area contributed by atoms with Gasteiger partial charge in [0.15, 0.2) is 5.16 Å². The molecule has 0 radical (unpaired) electrons. The van der Waals surface area contributed by atoms with Crippen LogP contribution in [0.25, 0.3) is 0 Å². The second-order valence-electron chi connectivity index (χ2n) is 4.16.